The summed E-state index contributed by atoms with van der Waals surface area (Å²) < 4.78 is 0. The van der Waals surface area contributed by atoms with Gasteiger partial charge in [0.25, 0.3) is 0 Å². The SMILES string of the molecule is CNc1nc(C)c(C(C)N(C=O)c2ccccc2)nc1C#N. The van der Waals surface area contributed by atoms with E-state index in [-0.39, 0.29) is 11.7 Å². The van der Waals surface area contributed by atoms with Gasteiger partial charge in [-0.1, -0.05) is 18.2 Å². The summed E-state index contributed by atoms with van der Waals surface area (Å²) in [5.41, 5.74) is 2.27. The summed E-state index contributed by atoms with van der Waals surface area (Å²) in [7, 11) is 1.69. The van der Waals surface area contributed by atoms with E-state index >= 15 is 0 Å². The third kappa shape index (κ3) is 2.88. The first kappa shape index (κ1) is 15.4. The minimum atomic E-state index is -0.328. The molecule has 6 nitrogen and oxygen atoms in total. The standard InChI is InChI=1S/C16H17N5O/c1-11-15(20-14(9-17)16(18-3)19-11)12(2)21(10-22)13-7-5-4-6-8-13/h4-8,10,12H,1-3H3,(H,18,19). The first-order chi connectivity index (χ1) is 10.6. The van der Waals surface area contributed by atoms with Crippen LogP contribution in [0.25, 0.3) is 0 Å². The van der Waals surface area contributed by atoms with Crippen LogP contribution in [0.2, 0.25) is 0 Å². The first-order valence-corrected chi connectivity index (χ1v) is 6.87. The normalized spacial score (nSPS) is 11.4. The van der Waals surface area contributed by atoms with E-state index in [1.54, 1.807) is 11.9 Å². The van der Waals surface area contributed by atoms with Gasteiger partial charge in [0, 0.05) is 12.7 Å². The van der Waals surface area contributed by atoms with Crippen molar-refractivity contribution in [3.63, 3.8) is 0 Å². The average Bonchev–Trinajstić information content (AvgIpc) is 2.56. The minimum absolute atomic E-state index is 0.217. The van der Waals surface area contributed by atoms with Crippen molar-refractivity contribution in [2.45, 2.75) is 19.9 Å². The largest absolute Gasteiger partial charge is 0.371 e. The molecule has 0 radical (unpaired) electrons. The van der Waals surface area contributed by atoms with Crippen LogP contribution in [0.3, 0.4) is 0 Å². The van der Waals surface area contributed by atoms with Crippen LogP contribution in [0.15, 0.2) is 30.3 Å². The lowest BCUT2D eigenvalue weighted by Gasteiger charge is -2.26. The van der Waals surface area contributed by atoms with Crippen LogP contribution in [0.5, 0.6) is 0 Å². The Labute approximate surface area is 129 Å². The number of amides is 1. The summed E-state index contributed by atoms with van der Waals surface area (Å²) in [4.78, 5) is 21.8. The van der Waals surface area contributed by atoms with E-state index in [4.69, 9.17) is 0 Å². The molecule has 0 saturated carbocycles. The quantitative estimate of drug-likeness (QED) is 0.857. The molecule has 6 heteroatoms. The lowest BCUT2D eigenvalue weighted by atomic mass is 10.1. The van der Waals surface area contributed by atoms with Gasteiger partial charge in [0.05, 0.1) is 17.4 Å². The molecule has 1 aromatic heterocycles. The molecule has 0 spiro atoms. The highest BCUT2D eigenvalue weighted by atomic mass is 16.1. The Morgan fingerprint density at radius 1 is 1.32 bits per heavy atom. The van der Waals surface area contributed by atoms with Gasteiger partial charge in [-0.3, -0.25) is 4.79 Å². The number of hydrogen-bond donors (Lipinski definition) is 1. The fraction of sp³-hybridized carbons (Fsp3) is 0.250. The smallest absolute Gasteiger partial charge is 0.214 e. The van der Waals surface area contributed by atoms with Crippen LogP contribution in [0.1, 0.15) is 30.0 Å². The highest BCUT2D eigenvalue weighted by molar-refractivity contribution is 5.76. The number of para-hydroxylation sites is 1. The van der Waals surface area contributed by atoms with Crippen LogP contribution < -0.4 is 10.2 Å². The van der Waals surface area contributed by atoms with Gasteiger partial charge >= 0.3 is 0 Å². The second-order valence-corrected chi connectivity index (χ2v) is 4.78. The Morgan fingerprint density at radius 2 is 2.00 bits per heavy atom. The summed E-state index contributed by atoms with van der Waals surface area (Å²) in [6.07, 6.45) is 0.763. The average molecular weight is 295 g/mol. The van der Waals surface area contributed by atoms with E-state index in [0.29, 0.717) is 17.2 Å². The number of benzene rings is 1. The molecule has 2 rings (SSSR count). The molecule has 0 aliphatic rings. The number of hydrogen-bond acceptors (Lipinski definition) is 5. The molecule has 0 aliphatic carbocycles. The maximum absolute atomic E-state index is 11.5. The zero-order valence-corrected chi connectivity index (χ0v) is 12.7. The molecule has 0 bridgehead atoms. The predicted molar refractivity (Wildman–Crippen MR) is 84.4 cm³/mol. The molecule has 1 amide bonds. The van der Waals surface area contributed by atoms with Crippen LogP contribution in [-0.4, -0.2) is 23.4 Å². The lowest BCUT2D eigenvalue weighted by Crippen LogP contribution is -2.27. The number of anilines is 2. The van der Waals surface area contributed by atoms with Gasteiger partial charge in [-0.25, -0.2) is 9.97 Å². The van der Waals surface area contributed by atoms with Gasteiger partial charge in [0.2, 0.25) is 6.41 Å². The number of aryl methyl sites for hydroxylation is 1. The van der Waals surface area contributed by atoms with E-state index in [0.717, 1.165) is 12.1 Å². The molecule has 22 heavy (non-hydrogen) atoms. The van der Waals surface area contributed by atoms with Crippen LogP contribution in [-0.2, 0) is 4.79 Å². The van der Waals surface area contributed by atoms with E-state index in [1.165, 1.54) is 0 Å². The minimum Gasteiger partial charge on any atom is -0.371 e. The fourth-order valence-electron chi connectivity index (χ4n) is 2.29. The summed E-state index contributed by atoms with van der Waals surface area (Å²) in [5.74, 6) is 0.438. The lowest BCUT2D eigenvalue weighted by molar-refractivity contribution is -0.107. The van der Waals surface area contributed by atoms with Gasteiger partial charge in [-0.15, -0.1) is 0 Å². The second kappa shape index (κ2) is 6.68. The second-order valence-electron chi connectivity index (χ2n) is 4.78. The van der Waals surface area contributed by atoms with Crippen molar-refractivity contribution in [2.75, 3.05) is 17.3 Å². The summed E-state index contributed by atoms with van der Waals surface area (Å²) in [6.45, 7) is 3.67. The molecular weight excluding hydrogens is 278 g/mol. The summed E-state index contributed by atoms with van der Waals surface area (Å²) >= 11 is 0. The molecule has 0 saturated heterocycles. The van der Waals surface area contributed by atoms with Crippen molar-refractivity contribution in [1.29, 1.82) is 5.26 Å². The third-order valence-electron chi connectivity index (χ3n) is 3.43. The summed E-state index contributed by atoms with van der Waals surface area (Å²) in [5, 5.41) is 12.0. The Bertz CT molecular complexity index is 708. The Balaban J connectivity index is 2.46. The number of carbonyl (C=O) groups is 1. The number of nitriles is 1. The van der Waals surface area contributed by atoms with E-state index in [2.05, 4.69) is 15.3 Å². The molecule has 1 heterocycles. The molecule has 0 fully saturated rings. The highest BCUT2D eigenvalue weighted by Crippen LogP contribution is 2.26. The Kier molecular flexibility index (Phi) is 4.69. The Hall–Kier alpha value is -2.94. The third-order valence-corrected chi connectivity index (χ3v) is 3.43. The molecule has 112 valence electrons. The number of nitrogens with zero attached hydrogens (tertiary/aromatic N) is 4. The number of aromatic nitrogens is 2. The number of nitrogens with one attached hydrogen (secondary N) is 1. The molecule has 2 aromatic rings. The Morgan fingerprint density at radius 3 is 2.55 bits per heavy atom. The van der Waals surface area contributed by atoms with Gasteiger partial charge < -0.3 is 10.2 Å². The molecule has 1 N–H and O–H groups in total. The summed E-state index contributed by atoms with van der Waals surface area (Å²) in [6, 6.07) is 11.0. The maximum atomic E-state index is 11.5. The van der Waals surface area contributed by atoms with Crippen molar-refractivity contribution < 1.29 is 4.79 Å². The zero-order valence-electron chi connectivity index (χ0n) is 12.7. The van der Waals surface area contributed by atoms with Crippen molar-refractivity contribution in [3.8, 4) is 6.07 Å². The molecule has 1 aromatic carbocycles. The van der Waals surface area contributed by atoms with Crippen molar-refractivity contribution in [1.82, 2.24) is 9.97 Å². The van der Waals surface area contributed by atoms with Crippen molar-refractivity contribution in [3.05, 3.63) is 47.4 Å². The monoisotopic (exact) mass is 295 g/mol. The van der Waals surface area contributed by atoms with E-state index in [9.17, 15) is 10.1 Å². The van der Waals surface area contributed by atoms with Gasteiger partial charge in [0.1, 0.15) is 6.07 Å². The van der Waals surface area contributed by atoms with Crippen LogP contribution >= 0.6 is 0 Å². The van der Waals surface area contributed by atoms with Crippen LogP contribution in [0, 0.1) is 18.3 Å². The molecular formula is C16H17N5O. The van der Waals surface area contributed by atoms with Gasteiger partial charge in [-0.2, -0.15) is 5.26 Å². The molecule has 0 aliphatic heterocycles. The maximum Gasteiger partial charge on any atom is 0.214 e. The fourth-order valence-corrected chi connectivity index (χ4v) is 2.29. The number of carbonyl (C=O) groups excluding carboxylic acids is 1. The zero-order chi connectivity index (χ0) is 16.1. The van der Waals surface area contributed by atoms with E-state index < -0.39 is 0 Å². The van der Waals surface area contributed by atoms with Gasteiger partial charge in [0.15, 0.2) is 11.5 Å². The molecule has 1 unspecified atom stereocenters. The number of rotatable bonds is 5. The topological polar surface area (TPSA) is 81.9 Å². The van der Waals surface area contributed by atoms with Crippen molar-refractivity contribution in [2.24, 2.45) is 0 Å². The van der Waals surface area contributed by atoms with Crippen LogP contribution in [0.4, 0.5) is 11.5 Å². The first-order valence-electron chi connectivity index (χ1n) is 6.87. The predicted octanol–water partition coefficient (Wildman–Crippen LogP) is 2.42. The van der Waals surface area contributed by atoms with Crippen molar-refractivity contribution >= 4 is 17.9 Å². The molecule has 1 atom stereocenters. The van der Waals surface area contributed by atoms with Gasteiger partial charge in [-0.05, 0) is 26.0 Å². The van der Waals surface area contributed by atoms with E-state index in [1.807, 2.05) is 50.2 Å². The highest BCUT2D eigenvalue weighted by Gasteiger charge is 2.21.